The van der Waals surface area contributed by atoms with Gasteiger partial charge in [-0.2, -0.15) is 0 Å². The molecule has 2 heterocycles. The van der Waals surface area contributed by atoms with E-state index < -0.39 is 11.2 Å². The van der Waals surface area contributed by atoms with Crippen molar-refractivity contribution in [1.29, 1.82) is 0 Å². The molecule has 0 amide bonds. The van der Waals surface area contributed by atoms with Crippen molar-refractivity contribution in [3.05, 3.63) is 144 Å². The first kappa shape index (κ1) is 28.9. The fourth-order valence-corrected chi connectivity index (χ4v) is 6.85. The molecule has 6 rings (SSSR count). The van der Waals surface area contributed by atoms with Crippen molar-refractivity contribution in [2.24, 2.45) is 20.8 Å². The van der Waals surface area contributed by atoms with E-state index in [-0.39, 0.29) is 22.9 Å². The normalized spacial score (nSPS) is 21.0. The van der Waals surface area contributed by atoms with Gasteiger partial charge in [-0.25, -0.2) is 9.98 Å². The van der Waals surface area contributed by atoms with Gasteiger partial charge in [0.1, 0.15) is 12.1 Å². The molecule has 0 bridgehead atoms. The van der Waals surface area contributed by atoms with Crippen molar-refractivity contribution in [3.8, 4) is 0 Å². The number of aliphatic imine (C=N–C) groups is 2. The second-order valence-electron chi connectivity index (χ2n) is 13.9. The molecule has 0 unspecified atom stereocenters. The number of hydrogen-bond donors (Lipinski definition) is 0. The van der Waals surface area contributed by atoms with Crippen LogP contribution in [0.25, 0.3) is 0 Å². The molecule has 0 aromatic heterocycles. The third-order valence-electron chi connectivity index (χ3n) is 8.63. The van der Waals surface area contributed by atoms with E-state index in [9.17, 15) is 0 Å². The summed E-state index contributed by atoms with van der Waals surface area (Å²) in [5, 5.41) is 0. The monoisotopic (exact) mass is 570 g/mol. The summed E-state index contributed by atoms with van der Waals surface area (Å²) in [4.78, 5) is 10.7. The average molecular weight is 571 g/mol. The predicted octanol–water partition coefficient (Wildman–Crippen LogP) is 8.95. The zero-order valence-electron chi connectivity index (χ0n) is 26.1. The van der Waals surface area contributed by atoms with Crippen LogP contribution in [0, 0.1) is 10.8 Å². The first-order valence-corrected chi connectivity index (χ1v) is 15.3. The zero-order chi connectivity index (χ0) is 30.3. The molecule has 0 radical (unpaired) electrons. The summed E-state index contributed by atoms with van der Waals surface area (Å²) in [7, 11) is 0. The lowest BCUT2D eigenvalue weighted by molar-refractivity contribution is 0.0484. The fourth-order valence-electron chi connectivity index (χ4n) is 6.85. The molecule has 0 fully saturated rings. The van der Waals surface area contributed by atoms with E-state index in [1.165, 1.54) is 0 Å². The van der Waals surface area contributed by atoms with Gasteiger partial charge in [-0.1, -0.05) is 163 Å². The summed E-state index contributed by atoms with van der Waals surface area (Å²) in [5.41, 5.74) is 2.45. The lowest BCUT2D eigenvalue weighted by Gasteiger charge is -2.40. The topological polar surface area (TPSA) is 43.2 Å². The number of hydrogen-bond acceptors (Lipinski definition) is 4. The Kier molecular flexibility index (Phi) is 7.28. The summed E-state index contributed by atoms with van der Waals surface area (Å²) < 4.78 is 14.2. The maximum absolute atomic E-state index is 7.11. The number of nitrogens with zero attached hydrogens (tertiary/aromatic N) is 2. The Hall–Kier alpha value is -4.18. The highest BCUT2D eigenvalue weighted by molar-refractivity contribution is 5.99. The summed E-state index contributed by atoms with van der Waals surface area (Å²) in [6.45, 7) is 13.4. The lowest BCUT2D eigenvalue weighted by Crippen LogP contribution is -2.45. The Bertz CT molecular complexity index is 1400. The maximum Gasteiger partial charge on any atom is 0.194 e. The smallest absolute Gasteiger partial charge is 0.194 e. The van der Waals surface area contributed by atoms with Crippen LogP contribution >= 0.6 is 0 Å². The molecule has 2 atom stereocenters. The largest absolute Gasteiger partial charge is 0.462 e. The molecule has 4 nitrogen and oxygen atoms in total. The van der Waals surface area contributed by atoms with Gasteiger partial charge in [0.25, 0.3) is 0 Å². The molecule has 4 aromatic carbocycles. The molecular weight excluding hydrogens is 528 g/mol. The van der Waals surface area contributed by atoms with Gasteiger partial charge < -0.3 is 9.47 Å². The van der Waals surface area contributed by atoms with Crippen molar-refractivity contribution in [2.75, 3.05) is 0 Å². The number of ether oxygens (including phenoxy) is 2. The van der Waals surface area contributed by atoms with Gasteiger partial charge in [-0.3, -0.25) is 0 Å². The lowest BCUT2D eigenvalue weighted by atomic mass is 9.70. The quantitative estimate of drug-likeness (QED) is 0.232. The standard InChI is InChI=1S/C39H42N2O2/c1-36(2,3)34-38(28-19-11-7-12-20-28,29-21-13-8-14-22-29)42-32(40-34)27-33-41-35(37(4,5)6)39(43-33,30-23-15-9-16-24-30)31-25-17-10-18-26-31/h7-26,34-35H,27H2,1-6H3/t34-,35-/m1/s1. The first-order chi connectivity index (χ1) is 20.5. The van der Waals surface area contributed by atoms with E-state index in [0.29, 0.717) is 18.2 Å². The molecule has 2 aliphatic rings. The van der Waals surface area contributed by atoms with Gasteiger partial charge in [0, 0.05) is 22.3 Å². The van der Waals surface area contributed by atoms with Crippen molar-refractivity contribution >= 4 is 11.8 Å². The van der Waals surface area contributed by atoms with Gasteiger partial charge >= 0.3 is 0 Å². The van der Waals surface area contributed by atoms with Gasteiger partial charge in [-0.15, -0.1) is 0 Å². The molecular formula is C39H42N2O2. The number of benzene rings is 4. The minimum Gasteiger partial charge on any atom is -0.462 e. The third-order valence-corrected chi connectivity index (χ3v) is 8.63. The summed E-state index contributed by atoms with van der Waals surface area (Å²) >= 11 is 0. The van der Waals surface area contributed by atoms with Crippen LogP contribution in [-0.4, -0.2) is 23.9 Å². The fraction of sp³-hybridized carbons (Fsp3) is 0.333. The SMILES string of the molecule is CC(C)(C)[C@H]1N=C(CC2=N[C@H](C(C)(C)C)C(c3ccccc3)(c3ccccc3)O2)OC1(c1ccccc1)c1ccccc1. The Balaban J connectivity index is 1.45. The molecule has 4 aromatic rings. The second kappa shape index (κ2) is 10.8. The van der Waals surface area contributed by atoms with E-state index in [0.717, 1.165) is 22.3 Å². The van der Waals surface area contributed by atoms with Crippen molar-refractivity contribution in [3.63, 3.8) is 0 Å². The van der Waals surface area contributed by atoms with Crippen LogP contribution in [0.3, 0.4) is 0 Å². The molecule has 220 valence electrons. The first-order valence-electron chi connectivity index (χ1n) is 15.3. The van der Waals surface area contributed by atoms with E-state index in [1.54, 1.807) is 0 Å². The Morgan fingerprint density at radius 3 is 0.953 bits per heavy atom. The maximum atomic E-state index is 7.11. The summed E-state index contributed by atoms with van der Waals surface area (Å²) in [5.74, 6) is 1.30. The highest BCUT2D eigenvalue weighted by atomic mass is 16.5. The molecule has 2 aliphatic heterocycles. The molecule has 4 heteroatoms. The highest BCUT2D eigenvalue weighted by Crippen LogP contribution is 2.51. The van der Waals surface area contributed by atoms with Gasteiger partial charge in [0.15, 0.2) is 23.0 Å². The van der Waals surface area contributed by atoms with Gasteiger partial charge in [-0.05, 0) is 10.8 Å². The van der Waals surface area contributed by atoms with Crippen LogP contribution in [0.5, 0.6) is 0 Å². The molecule has 0 saturated heterocycles. The van der Waals surface area contributed by atoms with Gasteiger partial charge in [0.2, 0.25) is 0 Å². The van der Waals surface area contributed by atoms with E-state index >= 15 is 0 Å². The molecule has 0 saturated carbocycles. The van der Waals surface area contributed by atoms with Crippen LogP contribution in [0.15, 0.2) is 131 Å². The van der Waals surface area contributed by atoms with E-state index in [4.69, 9.17) is 19.5 Å². The van der Waals surface area contributed by atoms with E-state index in [1.807, 2.05) is 24.3 Å². The molecule has 43 heavy (non-hydrogen) atoms. The Morgan fingerprint density at radius 2 is 0.721 bits per heavy atom. The summed E-state index contributed by atoms with van der Waals surface area (Å²) in [6, 6.07) is 41.7. The third kappa shape index (κ3) is 5.07. The summed E-state index contributed by atoms with van der Waals surface area (Å²) in [6.07, 6.45) is 0.377. The number of rotatable bonds is 6. The van der Waals surface area contributed by atoms with Crippen LogP contribution in [-0.2, 0) is 20.7 Å². The molecule has 0 spiro atoms. The van der Waals surface area contributed by atoms with E-state index in [2.05, 4.69) is 139 Å². The average Bonchev–Trinajstić information content (AvgIpc) is 3.60. The van der Waals surface area contributed by atoms with Crippen LogP contribution in [0.2, 0.25) is 0 Å². The van der Waals surface area contributed by atoms with Gasteiger partial charge in [0.05, 0.1) is 6.42 Å². The Morgan fingerprint density at radius 1 is 0.465 bits per heavy atom. The minimum atomic E-state index is -0.769. The predicted molar refractivity (Wildman–Crippen MR) is 175 cm³/mol. The second-order valence-corrected chi connectivity index (χ2v) is 13.9. The molecule has 0 aliphatic carbocycles. The van der Waals surface area contributed by atoms with Crippen LogP contribution in [0.4, 0.5) is 0 Å². The Labute approximate surface area is 256 Å². The van der Waals surface area contributed by atoms with Crippen molar-refractivity contribution in [2.45, 2.75) is 71.2 Å². The van der Waals surface area contributed by atoms with Crippen molar-refractivity contribution < 1.29 is 9.47 Å². The van der Waals surface area contributed by atoms with Crippen LogP contribution in [0.1, 0.15) is 70.2 Å². The van der Waals surface area contributed by atoms with Crippen molar-refractivity contribution in [1.82, 2.24) is 0 Å². The minimum absolute atomic E-state index is 0.159. The highest BCUT2D eigenvalue weighted by Gasteiger charge is 2.57. The zero-order valence-corrected chi connectivity index (χ0v) is 26.1. The van der Waals surface area contributed by atoms with Crippen LogP contribution < -0.4 is 0 Å². The molecule has 0 N–H and O–H groups in total.